The molecule has 0 amide bonds. The number of hydrogen-bond donors (Lipinski definition) is 3. The molecule has 1 aromatic carbocycles. The molecule has 2 saturated heterocycles. The molecule has 0 aliphatic carbocycles. The van der Waals surface area contributed by atoms with Gasteiger partial charge in [0.25, 0.3) is 0 Å². The summed E-state index contributed by atoms with van der Waals surface area (Å²) in [7, 11) is 0. The maximum atomic E-state index is 13.2. The fraction of sp³-hybridized carbons (Fsp3) is 0.389. The van der Waals surface area contributed by atoms with E-state index in [1.807, 2.05) is 6.07 Å². The van der Waals surface area contributed by atoms with Crippen molar-refractivity contribution in [2.45, 2.75) is 43.7 Å². The second kappa shape index (κ2) is 7.92. The van der Waals surface area contributed by atoms with Gasteiger partial charge in [-0.3, -0.25) is 0 Å². The molecule has 2 aliphatic rings. The SMILES string of the molecule is Fc1ccc2c(C3CC4CCC(C3)N4)nsc2c1.O=C(O)/C=C/C(=O)O. The minimum Gasteiger partial charge on any atom is -0.478 e. The number of carboxylic acid groups (broad SMARTS) is 2. The molecule has 0 spiro atoms. The van der Waals surface area contributed by atoms with Crippen molar-refractivity contribution in [1.82, 2.24) is 9.69 Å². The van der Waals surface area contributed by atoms with Gasteiger partial charge in [-0.05, 0) is 55.4 Å². The van der Waals surface area contributed by atoms with Crippen molar-refractivity contribution in [2.75, 3.05) is 0 Å². The van der Waals surface area contributed by atoms with Crippen LogP contribution in [0.25, 0.3) is 10.1 Å². The quantitative estimate of drug-likeness (QED) is 0.710. The second-order valence-electron chi connectivity index (χ2n) is 6.52. The van der Waals surface area contributed by atoms with Gasteiger partial charge in [-0.25, -0.2) is 14.0 Å². The normalized spacial score (nSPS) is 24.4. The topological polar surface area (TPSA) is 99.5 Å². The zero-order valence-corrected chi connectivity index (χ0v) is 14.7. The summed E-state index contributed by atoms with van der Waals surface area (Å²) in [5, 5.41) is 20.4. The summed E-state index contributed by atoms with van der Waals surface area (Å²) < 4.78 is 18.8. The number of halogens is 1. The van der Waals surface area contributed by atoms with Crippen LogP contribution in [0, 0.1) is 5.82 Å². The minimum absolute atomic E-state index is 0.164. The highest BCUT2D eigenvalue weighted by Crippen LogP contribution is 2.40. The van der Waals surface area contributed by atoms with Crippen LogP contribution < -0.4 is 5.32 Å². The summed E-state index contributed by atoms with van der Waals surface area (Å²) in [6.07, 6.45) is 6.10. The Morgan fingerprint density at radius 2 is 1.77 bits per heavy atom. The smallest absolute Gasteiger partial charge is 0.328 e. The zero-order valence-electron chi connectivity index (χ0n) is 13.9. The molecule has 4 rings (SSSR count). The van der Waals surface area contributed by atoms with Gasteiger partial charge in [0.1, 0.15) is 5.82 Å². The van der Waals surface area contributed by atoms with E-state index in [2.05, 4.69) is 9.69 Å². The molecule has 0 saturated carbocycles. The molecule has 1 aromatic heterocycles. The number of aliphatic carboxylic acids is 2. The molecule has 2 unspecified atom stereocenters. The zero-order chi connectivity index (χ0) is 18.7. The van der Waals surface area contributed by atoms with E-state index in [1.54, 1.807) is 12.1 Å². The summed E-state index contributed by atoms with van der Waals surface area (Å²) in [5.41, 5.74) is 1.20. The highest BCUT2D eigenvalue weighted by molar-refractivity contribution is 7.13. The van der Waals surface area contributed by atoms with Crippen LogP contribution in [0.4, 0.5) is 4.39 Å². The number of carboxylic acids is 2. The molecule has 3 N–H and O–H groups in total. The lowest BCUT2D eigenvalue weighted by Gasteiger charge is -2.28. The first kappa shape index (κ1) is 18.5. The third kappa shape index (κ3) is 4.44. The number of fused-ring (bicyclic) bond motifs is 3. The van der Waals surface area contributed by atoms with Crippen LogP contribution in [0.3, 0.4) is 0 Å². The van der Waals surface area contributed by atoms with Crippen LogP contribution in [0.2, 0.25) is 0 Å². The van der Waals surface area contributed by atoms with Gasteiger partial charge in [0.15, 0.2) is 0 Å². The Hall–Kier alpha value is -2.32. The Morgan fingerprint density at radius 1 is 1.15 bits per heavy atom. The maximum absolute atomic E-state index is 13.2. The van der Waals surface area contributed by atoms with E-state index in [0.29, 0.717) is 30.2 Å². The summed E-state index contributed by atoms with van der Waals surface area (Å²) in [4.78, 5) is 19.1. The standard InChI is InChI=1S/C14H15FN2S.C4H4O4/c15-9-1-4-12-13(7-9)18-17-14(12)8-5-10-2-3-11(6-8)16-10;5-3(6)1-2-4(7)8/h1,4,7-8,10-11,16H,2-3,5-6H2;1-2H,(H,5,6)(H,7,8)/b;2-1+. The molecule has 2 bridgehead atoms. The average molecular weight is 378 g/mol. The number of nitrogens with one attached hydrogen (secondary N) is 1. The molecular weight excluding hydrogens is 359 g/mol. The van der Waals surface area contributed by atoms with Gasteiger partial charge in [-0.15, -0.1) is 0 Å². The first-order chi connectivity index (χ1) is 12.4. The van der Waals surface area contributed by atoms with Gasteiger partial charge in [0, 0.05) is 35.5 Å². The van der Waals surface area contributed by atoms with Crippen molar-refractivity contribution in [2.24, 2.45) is 0 Å². The van der Waals surface area contributed by atoms with Crippen molar-refractivity contribution in [3.05, 3.63) is 41.9 Å². The van der Waals surface area contributed by atoms with Gasteiger partial charge < -0.3 is 15.5 Å². The molecule has 0 radical (unpaired) electrons. The molecular formula is C18H19FN2O4S. The van der Waals surface area contributed by atoms with Crippen LogP contribution >= 0.6 is 11.5 Å². The van der Waals surface area contributed by atoms with E-state index >= 15 is 0 Å². The Bertz CT molecular complexity index is 823. The van der Waals surface area contributed by atoms with E-state index in [9.17, 15) is 14.0 Å². The Morgan fingerprint density at radius 3 is 2.35 bits per heavy atom. The predicted molar refractivity (Wildman–Crippen MR) is 95.9 cm³/mol. The van der Waals surface area contributed by atoms with Crippen LogP contribution in [-0.4, -0.2) is 38.6 Å². The summed E-state index contributed by atoms with van der Waals surface area (Å²) in [6, 6.07) is 6.40. The third-order valence-electron chi connectivity index (χ3n) is 4.69. The minimum atomic E-state index is -1.26. The third-order valence-corrected chi connectivity index (χ3v) is 5.51. The molecule has 2 fully saturated rings. The second-order valence-corrected chi connectivity index (χ2v) is 7.33. The van der Waals surface area contributed by atoms with E-state index in [4.69, 9.17) is 10.2 Å². The highest BCUT2D eigenvalue weighted by Gasteiger charge is 2.35. The van der Waals surface area contributed by atoms with Gasteiger partial charge >= 0.3 is 11.9 Å². The number of benzene rings is 1. The van der Waals surface area contributed by atoms with Crippen LogP contribution in [-0.2, 0) is 9.59 Å². The van der Waals surface area contributed by atoms with Gasteiger partial charge in [0.05, 0.1) is 10.4 Å². The number of piperidine rings is 1. The number of nitrogens with zero attached hydrogens (tertiary/aromatic N) is 1. The molecule has 3 heterocycles. The molecule has 2 atom stereocenters. The van der Waals surface area contributed by atoms with Crippen LogP contribution in [0.15, 0.2) is 30.4 Å². The Kier molecular flexibility index (Phi) is 5.63. The van der Waals surface area contributed by atoms with Crippen LogP contribution in [0.5, 0.6) is 0 Å². The Balaban J connectivity index is 0.000000211. The number of aromatic nitrogens is 1. The summed E-state index contributed by atoms with van der Waals surface area (Å²) in [6.45, 7) is 0. The van der Waals surface area contributed by atoms with Gasteiger partial charge in [-0.1, -0.05) is 0 Å². The van der Waals surface area contributed by atoms with E-state index in [1.165, 1.54) is 42.9 Å². The van der Waals surface area contributed by atoms with E-state index < -0.39 is 11.9 Å². The maximum Gasteiger partial charge on any atom is 0.328 e. The molecule has 6 nitrogen and oxygen atoms in total. The van der Waals surface area contributed by atoms with Crippen molar-refractivity contribution >= 4 is 33.6 Å². The number of carbonyl (C=O) groups is 2. The predicted octanol–water partition coefficient (Wildman–Crippen LogP) is 3.15. The lowest BCUT2D eigenvalue weighted by atomic mass is 9.88. The largest absolute Gasteiger partial charge is 0.478 e. The first-order valence-corrected chi connectivity index (χ1v) is 9.14. The number of hydrogen-bond acceptors (Lipinski definition) is 5. The molecule has 2 aliphatic heterocycles. The highest BCUT2D eigenvalue weighted by atomic mass is 32.1. The average Bonchev–Trinajstić information content (AvgIpc) is 3.16. The van der Waals surface area contributed by atoms with Crippen LogP contribution in [0.1, 0.15) is 37.3 Å². The molecule has 2 aromatic rings. The first-order valence-electron chi connectivity index (χ1n) is 8.37. The Labute approximate surface area is 153 Å². The van der Waals surface area contributed by atoms with E-state index in [-0.39, 0.29) is 5.82 Å². The molecule has 8 heteroatoms. The monoisotopic (exact) mass is 378 g/mol. The fourth-order valence-corrected chi connectivity index (χ4v) is 4.53. The van der Waals surface area contributed by atoms with Crippen molar-refractivity contribution in [3.8, 4) is 0 Å². The van der Waals surface area contributed by atoms with Crippen molar-refractivity contribution in [3.63, 3.8) is 0 Å². The molecule has 138 valence electrons. The summed E-state index contributed by atoms with van der Waals surface area (Å²) in [5.74, 6) is -2.12. The van der Waals surface area contributed by atoms with Crippen molar-refractivity contribution < 1.29 is 24.2 Å². The van der Waals surface area contributed by atoms with Gasteiger partial charge in [-0.2, -0.15) is 4.37 Å². The lowest BCUT2D eigenvalue weighted by molar-refractivity contribution is -0.134. The fourth-order valence-electron chi connectivity index (χ4n) is 3.65. The number of rotatable bonds is 3. The van der Waals surface area contributed by atoms with Crippen molar-refractivity contribution in [1.29, 1.82) is 0 Å². The van der Waals surface area contributed by atoms with Gasteiger partial charge in [0.2, 0.25) is 0 Å². The lowest BCUT2D eigenvalue weighted by Crippen LogP contribution is -2.37. The molecule has 26 heavy (non-hydrogen) atoms. The van der Waals surface area contributed by atoms with E-state index in [0.717, 1.165) is 10.1 Å². The summed E-state index contributed by atoms with van der Waals surface area (Å²) >= 11 is 1.43.